The largest absolute Gasteiger partial charge is 0.455 e. The van der Waals surface area contributed by atoms with Crippen LogP contribution in [0.3, 0.4) is 0 Å². The Balaban J connectivity index is 1.52. The van der Waals surface area contributed by atoms with E-state index in [0.717, 1.165) is 43.9 Å². The van der Waals surface area contributed by atoms with E-state index in [2.05, 4.69) is 60.8 Å². The van der Waals surface area contributed by atoms with Crippen LogP contribution in [0.5, 0.6) is 0 Å². The number of ketones is 1. The lowest BCUT2D eigenvalue weighted by atomic mass is 9.44. The number of hydrogen-bond acceptors (Lipinski definition) is 16. The van der Waals surface area contributed by atoms with Gasteiger partial charge in [-0.25, -0.2) is 19.2 Å². The van der Waals surface area contributed by atoms with E-state index in [-0.39, 0.29) is 42.6 Å². The number of benzene rings is 1. The highest BCUT2D eigenvalue weighted by molar-refractivity contribution is 5.96. The highest BCUT2D eigenvalue weighted by Crippen LogP contribution is 2.64. The molecule has 0 aromatic heterocycles. The minimum Gasteiger partial charge on any atom is -0.455 e. The number of aliphatic hydroxyl groups excluding tert-OH is 1. The Morgan fingerprint density at radius 1 is 0.821 bits per heavy atom. The Hall–Kier alpha value is -6.89. The second-order valence-corrected chi connectivity index (χ2v) is 24.1. The van der Waals surface area contributed by atoms with Crippen LogP contribution in [-0.2, 0) is 52.3 Å². The molecule has 2 amide bonds. The van der Waals surface area contributed by atoms with Crippen LogP contribution >= 0.6 is 0 Å². The van der Waals surface area contributed by atoms with Gasteiger partial charge in [0, 0.05) is 45.7 Å². The van der Waals surface area contributed by atoms with Gasteiger partial charge in [-0.3, -0.25) is 14.4 Å². The summed E-state index contributed by atoms with van der Waals surface area (Å²) >= 11 is 0. The van der Waals surface area contributed by atoms with Crippen LogP contribution in [0.1, 0.15) is 151 Å². The Labute approximate surface area is 496 Å². The Kier molecular flexibility index (Phi) is 24.1. The van der Waals surface area contributed by atoms with E-state index in [1.54, 1.807) is 66.7 Å². The molecule has 3 aliphatic carbocycles. The van der Waals surface area contributed by atoms with Crippen molar-refractivity contribution in [2.75, 3.05) is 20.7 Å². The Morgan fingerprint density at radius 3 is 1.88 bits per heavy atom. The third-order valence-electron chi connectivity index (χ3n) is 15.9. The number of carbonyl (C=O) groups excluding carboxylic acids is 7. The van der Waals surface area contributed by atoms with Crippen molar-refractivity contribution in [2.24, 2.45) is 16.7 Å². The molecule has 18 heteroatoms. The van der Waals surface area contributed by atoms with Crippen molar-refractivity contribution in [3.05, 3.63) is 132 Å². The number of carbonyl (C=O) groups is 7. The number of hydrogen-bond donors (Lipinski definition) is 3. The molecule has 84 heavy (non-hydrogen) atoms. The van der Waals surface area contributed by atoms with Crippen molar-refractivity contribution in [2.45, 2.75) is 200 Å². The lowest BCUT2D eigenvalue weighted by molar-refractivity contribution is -0.345. The summed E-state index contributed by atoms with van der Waals surface area (Å²) in [6.45, 7) is 17.3. The second-order valence-electron chi connectivity index (χ2n) is 24.1. The van der Waals surface area contributed by atoms with Crippen molar-refractivity contribution in [3.8, 4) is 0 Å². The molecule has 18 nitrogen and oxygen atoms in total. The second kappa shape index (κ2) is 29.8. The fraction of sp³-hybridized carbons (Fsp3) is 0.561. The molecule has 4 aliphatic rings. The molecule has 1 unspecified atom stereocenters. The number of ether oxygens (including phenoxy) is 7. The number of amides is 2. The van der Waals surface area contributed by atoms with Gasteiger partial charge in [0.05, 0.1) is 35.6 Å². The van der Waals surface area contributed by atoms with Crippen molar-refractivity contribution in [1.29, 1.82) is 0 Å². The van der Waals surface area contributed by atoms with Crippen LogP contribution in [0.15, 0.2) is 126 Å². The molecule has 3 fully saturated rings. The van der Waals surface area contributed by atoms with Crippen molar-refractivity contribution in [1.82, 2.24) is 10.2 Å². The zero-order valence-electron chi connectivity index (χ0n) is 51.3. The lowest BCUT2D eigenvalue weighted by Crippen LogP contribution is -2.82. The molecule has 460 valence electrons. The van der Waals surface area contributed by atoms with Crippen molar-refractivity contribution >= 4 is 41.8 Å². The van der Waals surface area contributed by atoms with Crippen LogP contribution in [-0.4, -0.2) is 137 Å². The Morgan fingerprint density at radius 2 is 1.38 bits per heavy atom. The minimum absolute atomic E-state index is 0.0464. The minimum atomic E-state index is -2.48. The molecule has 1 saturated heterocycles. The van der Waals surface area contributed by atoms with Gasteiger partial charge in [0.2, 0.25) is 6.10 Å². The molecule has 11 atom stereocenters. The molecular weight excluding hydrogens is 1080 g/mol. The number of nitrogens with one attached hydrogen (secondary N) is 1. The van der Waals surface area contributed by atoms with Gasteiger partial charge >= 0.3 is 36.1 Å². The normalized spacial score (nSPS) is 27.3. The average molecular weight is 1170 g/mol. The monoisotopic (exact) mass is 1170 g/mol. The van der Waals surface area contributed by atoms with Crippen molar-refractivity contribution < 1.29 is 76.9 Å². The molecule has 1 aliphatic heterocycles. The molecule has 1 aromatic carbocycles. The van der Waals surface area contributed by atoms with Crippen LogP contribution in [0.4, 0.5) is 9.59 Å². The number of Topliss-reactive ketones (excluding diaryl/α,β-unsaturated/α-hetero) is 1. The first-order valence-electron chi connectivity index (χ1n) is 29.1. The number of nitrogens with zero attached hydrogens (tertiary/aromatic N) is 1. The first kappa shape index (κ1) is 67.9. The Bertz CT molecular complexity index is 2760. The highest BCUT2D eigenvalue weighted by Gasteiger charge is 2.78. The van der Waals surface area contributed by atoms with Crippen LogP contribution < -0.4 is 5.32 Å². The van der Waals surface area contributed by atoms with Gasteiger partial charge in [0.25, 0.3) is 0 Å². The SMILES string of the molecule is CC/C=C\C/C=C\C/C=C\C/C=C\C/C=C\C/C=C\CCC(=O)O[C@@H](C(=O)O[C@H]1C[C@@]2(O)[C@@H](OC(=O)c3ccccc3)C3[C@](C)(C(=O)[C@H](OC(=O)N(C)C)C(=C1C)C2(C)C)[C@@H](O)C[C@H]1OC[C@@]31OC(C)=O)[C@H](C=C(C)C)NC(=O)OC(C)(C)C. The molecule has 1 heterocycles. The molecule has 0 spiro atoms. The molecule has 2 saturated carbocycles. The summed E-state index contributed by atoms with van der Waals surface area (Å²) in [5.74, 6) is -6.30. The molecule has 3 N–H and O–H groups in total. The zero-order valence-corrected chi connectivity index (χ0v) is 51.3. The molecular formula is C66H90N2O16. The number of allylic oxidation sites excluding steroid dienone is 13. The lowest BCUT2D eigenvalue weighted by Gasteiger charge is -2.67. The van der Waals surface area contributed by atoms with E-state index >= 15 is 9.59 Å². The zero-order chi connectivity index (χ0) is 62.2. The fourth-order valence-electron chi connectivity index (χ4n) is 11.6. The summed E-state index contributed by atoms with van der Waals surface area (Å²) in [5, 5.41) is 29.0. The van der Waals surface area contributed by atoms with E-state index < -0.39 is 124 Å². The van der Waals surface area contributed by atoms with Gasteiger partial charge in [-0.15, -0.1) is 0 Å². The fourth-order valence-corrected chi connectivity index (χ4v) is 11.6. The van der Waals surface area contributed by atoms with Gasteiger partial charge in [-0.1, -0.05) is 124 Å². The summed E-state index contributed by atoms with van der Waals surface area (Å²) < 4.78 is 42.7. The maximum atomic E-state index is 16.0. The summed E-state index contributed by atoms with van der Waals surface area (Å²) in [6.07, 6.45) is 18.8. The first-order chi connectivity index (χ1) is 39.5. The topological polar surface area (TPSA) is 240 Å². The van der Waals surface area contributed by atoms with E-state index in [0.29, 0.717) is 12.0 Å². The maximum Gasteiger partial charge on any atom is 0.410 e. The summed E-state index contributed by atoms with van der Waals surface area (Å²) in [4.78, 5) is 101. The number of alkyl carbamates (subject to hydrolysis) is 1. The quantitative estimate of drug-likeness (QED) is 0.0495. The van der Waals surface area contributed by atoms with Gasteiger partial charge in [-0.05, 0) is 117 Å². The van der Waals surface area contributed by atoms with Gasteiger partial charge in [-0.2, -0.15) is 0 Å². The smallest absolute Gasteiger partial charge is 0.410 e. The predicted molar refractivity (Wildman–Crippen MR) is 317 cm³/mol. The van der Waals surface area contributed by atoms with E-state index in [9.17, 15) is 34.2 Å². The molecule has 5 rings (SSSR count). The maximum absolute atomic E-state index is 16.0. The summed E-state index contributed by atoms with van der Waals surface area (Å²) in [5.41, 5.74) is -8.44. The average Bonchev–Trinajstić information content (AvgIpc) is 0.677. The third kappa shape index (κ3) is 16.5. The summed E-state index contributed by atoms with van der Waals surface area (Å²) in [7, 11) is 2.79. The van der Waals surface area contributed by atoms with Gasteiger partial charge in [0.1, 0.15) is 29.5 Å². The number of rotatable bonds is 24. The van der Waals surface area contributed by atoms with Crippen LogP contribution in [0, 0.1) is 16.7 Å². The van der Waals surface area contributed by atoms with E-state index in [1.165, 1.54) is 46.2 Å². The number of fused-ring (bicyclic) bond motifs is 5. The molecule has 2 bridgehead atoms. The number of aliphatic hydroxyl groups is 2. The molecule has 0 radical (unpaired) electrons. The van der Waals surface area contributed by atoms with E-state index in [1.807, 2.05) is 24.3 Å². The van der Waals surface area contributed by atoms with Crippen LogP contribution in [0.25, 0.3) is 0 Å². The predicted octanol–water partition coefficient (Wildman–Crippen LogP) is 10.6. The summed E-state index contributed by atoms with van der Waals surface area (Å²) in [6, 6.07) is 6.44. The third-order valence-corrected chi connectivity index (χ3v) is 15.9. The molecule has 1 aromatic rings. The van der Waals surface area contributed by atoms with Crippen molar-refractivity contribution in [3.63, 3.8) is 0 Å². The first-order valence-corrected chi connectivity index (χ1v) is 29.1. The van der Waals surface area contributed by atoms with Gasteiger partial charge in [0.15, 0.2) is 17.5 Å². The van der Waals surface area contributed by atoms with E-state index in [4.69, 9.17) is 33.2 Å². The van der Waals surface area contributed by atoms with Crippen LogP contribution in [0.2, 0.25) is 0 Å². The standard InChI is InChI=1S/C66H90N2O16/c1-14-15-16-17-18-19-20-21-22-23-24-25-26-27-28-29-30-31-35-38-51(71)80-53(47(39-43(2)3)67-60(75)84-62(6,7)8)59(74)79-48-41-66(77)57(82-58(73)46-36-33-32-34-37-46)55-64(11,49(70)40-50-65(55,42-78-50)83-45(5)69)56(72)54(81-61(76)68(12)13)52(44(48)4)63(66,9)10/h15-16,18-19,21-22,24-25,27-28,30-34,36-37,39,47-50,53-55,57,70,77H,14,17,20,23,26,29,35,38,40-42H2,1-13H3,(H,67,75)/b16-15-,19-18-,22-21-,25-24-,28-27-,31-30-/t47-,48-,49-,50+,53+,54+,55?,57-,64+,65-,66+/m0/s1. The highest BCUT2D eigenvalue weighted by atomic mass is 16.6. The van der Waals surface area contributed by atoms with Gasteiger partial charge < -0.3 is 53.6 Å². The number of esters is 4.